The molecule has 2 rings (SSSR count). The van der Waals surface area contributed by atoms with E-state index in [0.717, 1.165) is 17.4 Å². The molecule has 6 nitrogen and oxygen atoms in total. The van der Waals surface area contributed by atoms with Crippen LogP contribution < -0.4 is 10.5 Å². The van der Waals surface area contributed by atoms with E-state index in [1.165, 1.54) is 0 Å². The van der Waals surface area contributed by atoms with Gasteiger partial charge in [0.1, 0.15) is 11.4 Å². The highest BCUT2D eigenvalue weighted by atomic mass is 16.4. The Morgan fingerprint density at radius 1 is 1.26 bits per heavy atom. The Hall–Kier alpha value is -2.63. The third-order valence-corrected chi connectivity index (χ3v) is 2.69. The Labute approximate surface area is 109 Å². The molecule has 0 bridgehead atoms. The second-order valence-electron chi connectivity index (χ2n) is 4.22. The molecule has 2 N–H and O–H groups in total. The highest BCUT2D eigenvalue weighted by Gasteiger charge is 2.10. The van der Waals surface area contributed by atoms with Gasteiger partial charge in [-0.25, -0.2) is 9.78 Å². The van der Waals surface area contributed by atoms with Gasteiger partial charge in [-0.1, -0.05) is 0 Å². The second kappa shape index (κ2) is 4.93. The zero-order valence-electron chi connectivity index (χ0n) is 10.5. The van der Waals surface area contributed by atoms with Gasteiger partial charge >= 0.3 is 5.97 Å². The van der Waals surface area contributed by atoms with Crippen LogP contribution in [0.15, 0.2) is 35.3 Å². The van der Waals surface area contributed by atoms with Crippen molar-refractivity contribution in [2.24, 2.45) is 0 Å². The van der Waals surface area contributed by atoms with Crippen LogP contribution in [0, 0.1) is 0 Å². The van der Waals surface area contributed by atoms with Gasteiger partial charge in [-0.2, -0.15) is 0 Å². The molecule has 0 aliphatic carbocycles. The Morgan fingerprint density at radius 2 is 1.89 bits per heavy atom. The van der Waals surface area contributed by atoms with Gasteiger partial charge in [-0.15, -0.1) is 0 Å². The number of aromatic nitrogens is 2. The van der Waals surface area contributed by atoms with E-state index in [-0.39, 0.29) is 5.56 Å². The molecule has 0 unspecified atom stereocenters. The predicted molar refractivity (Wildman–Crippen MR) is 71.6 cm³/mol. The van der Waals surface area contributed by atoms with Gasteiger partial charge in [-0.3, -0.25) is 4.79 Å². The number of carboxylic acids is 1. The Kier molecular flexibility index (Phi) is 3.33. The molecule has 0 fully saturated rings. The molecule has 1 aromatic carbocycles. The molecule has 98 valence electrons. The lowest BCUT2D eigenvalue weighted by molar-refractivity contribution is 0.0694. The monoisotopic (exact) mass is 259 g/mol. The Bertz CT molecular complexity index is 660. The van der Waals surface area contributed by atoms with Gasteiger partial charge in [0.2, 0.25) is 0 Å². The van der Waals surface area contributed by atoms with E-state index in [4.69, 9.17) is 5.11 Å². The van der Waals surface area contributed by atoms with Gasteiger partial charge in [-0.05, 0) is 24.3 Å². The fourth-order valence-electron chi connectivity index (χ4n) is 1.61. The number of H-pyrrole nitrogens is 1. The highest BCUT2D eigenvalue weighted by Crippen LogP contribution is 2.18. The number of aromatic carboxylic acids is 1. The molecule has 0 aliphatic heterocycles. The van der Waals surface area contributed by atoms with E-state index in [2.05, 4.69) is 9.97 Å². The van der Waals surface area contributed by atoms with Crippen LogP contribution >= 0.6 is 0 Å². The number of aromatic amines is 1. The van der Waals surface area contributed by atoms with E-state index in [1.807, 2.05) is 43.3 Å². The van der Waals surface area contributed by atoms with Crippen molar-refractivity contribution in [2.45, 2.75) is 0 Å². The molecule has 0 aliphatic rings. The summed E-state index contributed by atoms with van der Waals surface area (Å²) in [7, 11) is 3.85. The number of rotatable bonds is 3. The summed E-state index contributed by atoms with van der Waals surface area (Å²) in [5.41, 5.74) is 0.718. The molecule has 1 aromatic heterocycles. The molecule has 0 saturated carbocycles. The third-order valence-electron chi connectivity index (χ3n) is 2.69. The molecule has 0 amide bonds. The normalized spacial score (nSPS) is 10.2. The molecule has 6 heteroatoms. The number of carbonyl (C=O) groups is 1. The van der Waals surface area contributed by atoms with Gasteiger partial charge in [0.05, 0.1) is 0 Å². The minimum atomic E-state index is -1.29. The van der Waals surface area contributed by atoms with E-state index in [9.17, 15) is 9.59 Å². The largest absolute Gasteiger partial charge is 0.477 e. The first-order valence-corrected chi connectivity index (χ1v) is 5.59. The SMILES string of the molecule is CN(C)c1ccc(-c2ncc(C(=O)O)c(=O)[nH]2)cc1. The van der Waals surface area contributed by atoms with Crippen molar-refractivity contribution in [1.29, 1.82) is 0 Å². The summed E-state index contributed by atoms with van der Waals surface area (Å²) in [6.07, 6.45) is 1.07. The van der Waals surface area contributed by atoms with Gasteiger partial charge in [0, 0.05) is 31.5 Å². The standard InChI is InChI=1S/C13H13N3O3/c1-16(2)9-5-3-8(4-6-9)11-14-7-10(13(18)19)12(17)15-11/h3-7H,1-2H3,(H,18,19)(H,14,15,17). The van der Waals surface area contributed by atoms with E-state index >= 15 is 0 Å². The average Bonchev–Trinajstić information content (AvgIpc) is 2.38. The summed E-state index contributed by atoms with van der Waals surface area (Å²) < 4.78 is 0. The second-order valence-corrected chi connectivity index (χ2v) is 4.22. The minimum Gasteiger partial charge on any atom is -0.477 e. The molecule has 0 saturated heterocycles. The molecular formula is C13H13N3O3. The number of hydrogen-bond acceptors (Lipinski definition) is 4. The minimum absolute atomic E-state index is 0.348. The molecule has 0 spiro atoms. The van der Waals surface area contributed by atoms with Crippen molar-refractivity contribution < 1.29 is 9.90 Å². The lowest BCUT2D eigenvalue weighted by Crippen LogP contribution is -2.18. The lowest BCUT2D eigenvalue weighted by atomic mass is 10.2. The van der Waals surface area contributed by atoms with Crippen LogP contribution in [-0.2, 0) is 0 Å². The number of anilines is 1. The Morgan fingerprint density at radius 3 is 2.37 bits per heavy atom. The zero-order valence-corrected chi connectivity index (χ0v) is 10.5. The van der Waals surface area contributed by atoms with Crippen LogP contribution in [-0.4, -0.2) is 35.1 Å². The van der Waals surface area contributed by atoms with Crippen molar-refractivity contribution >= 4 is 11.7 Å². The molecule has 0 atom stereocenters. The maximum absolute atomic E-state index is 11.5. The molecule has 0 radical (unpaired) electrons. The topological polar surface area (TPSA) is 86.3 Å². The first-order chi connectivity index (χ1) is 8.99. The average molecular weight is 259 g/mol. The number of carboxylic acid groups (broad SMARTS) is 1. The van der Waals surface area contributed by atoms with E-state index in [1.54, 1.807) is 0 Å². The zero-order chi connectivity index (χ0) is 14.0. The fourth-order valence-corrected chi connectivity index (χ4v) is 1.61. The molecule has 2 aromatic rings. The van der Waals surface area contributed by atoms with Crippen LogP contribution in [0.1, 0.15) is 10.4 Å². The maximum atomic E-state index is 11.5. The predicted octanol–water partition coefficient (Wildman–Crippen LogP) is 1.20. The summed E-state index contributed by atoms with van der Waals surface area (Å²) in [6, 6.07) is 7.41. The van der Waals surface area contributed by atoms with Crippen LogP contribution in [0.2, 0.25) is 0 Å². The summed E-state index contributed by atoms with van der Waals surface area (Å²) >= 11 is 0. The highest BCUT2D eigenvalue weighted by molar-refractivity contribution is 5.86. The first kappa shape index (κ1) is 12.8. The summed E-state index contributed by atoms with van der Waals surface area (Å²) in [6.45, 7) is 0. The van der Waals surface area contributed by atoms with Gasteiger partial charge < -0.3 is 15.0 Å². The molecule has 1 heterocycles. The smallest absolute Gasteiger partial charge is 0.342 e. The number of hydrogen-bond donors (Lipinski definition) is 2. The van der Waals surface area contributed by atoms with Crippen LogP contribution in [0.25, 0.3) is 11.4 Å². The quantitative estimate of drug-likeness (QED) is 0.865. The first-order valence-electron chi connectivity index (χ1n) is 5.59. The fraction of sp³-hybridized carbons (Fsp3) is 0.154. The number of benzene rings is 1. The van der Waals surface area contributed by atoms with E-state index < -0.39 is 11.5 Å². The lowest BCUT2D eigenvalue weighted by Gasteiger charge is -2.12. The third kappa shape index (κ3) is 2.62. The number of nitrogens with one attached hydrogen (secondary N) is 1. The van der Waals surface area contributed by atoms with Gasteiger partial charge in [0.25, 0.3) is 5.56 Å². The van der Waals surface area contributed by atoms with Crippen molar-refractivity contribution in [3.63, 3.8) is 0 Å². The van der Waals surface area contributed by atoms with Crippen molar-refractivity contribution in [1.82, 2.24) is 9.97 Å². The summed E-state index contributed by atoms with van der Waals surface area (Å²) in [5, 5.41) is 8.76. The summed E-state index contributed by atoms with van der Waals surface area (Å²) in [5.74, 6) is -0.941. The van der Waals surface area contributed by atoms with Crippen molar-refractivity contribution in [3.05, 3.63) is 46.4 Å². The number of nitrogens with zero attached hydrogens (tertiary/aromatic N) is 2. The molecule has 19 heavy (non-hydrogen) atoms. The van der Waals surface area contributed by atoms with Crippen LogP contribution in [0.3, 0.4) is 0 Å². The van der Waals surface area contributed by atoms with E-state index in [0.29, 0.717) is 5.82 Å². The van der Waals surface area contributed by atoms with Crippen LogP contribution in [0.5, 0.6) is 0 Å². The van der Waals surface area contributed by atoms with Gasteiger partial charge in [0.15, 0.2) is 0 Å². The molecular weight excluding hydrogens is 246 g/mol. The Balaban J connectivity index is 2.40. The maximum Gasteiger partial charge on any atom is 0.342 e. The summed E-state index contributed by atoms with van der Waals surface area (Å²) in [4.78, 5) is 30.6. The van der Waals surface area contributed by atoms with Crippen molar-refractivity contribution in [2.75, 3.05) is 19.0 Å². The van der Waals surface area contributed by atoms with Crippen molar-refractivity contribution in [3.8, 4) is 11.4 Å². The van der Waals surface area contributed by atoms with Crippen LogP contribution in [0.4, 0.5) is 5.69 Å².